The van der Waals surface area contributed by atoms with E-state index in [4.69, 9.17) is 0 Å². The van der Waals surface area contributed by atoms with Gasteiger partial charge in [0.15, 0.2) is 5.82 Å². The number of pyridine rings is 1. The molecule has 7 nitrogen and oxygen atoms in total. The van der Waals surface area contributed by atoms with Gasteiger partial charge in [0.05, 0.1) is 29.4 Å². The van der Waals surface area contributed by atoms with E-state index < -0.39 is 11.7 Å². The fraction of sp³-hybridized carbons (Fsp3) is 0.381. The number of anilines is 1. The Hall–Kier alpha value is -3.41. The zero-order valence-electron chi connectivity index (χ0n) is 16.8. The lowest BCUT2D eigenvalue weighted by Crippen LogP contribution is -2.27. The molecule has 0 aromatic carbocycles. The molecule has 0 saturated heterocycles. The lowest BCUT2D eigenvalue weighted by molar-refractivity contribution is -0.114. The van der Waals surface area contributed by atoms with Crippen LogP contribution in [0.4, 0.5) is 14.6 Å². The first-order chi connectivity index (χ1) is 14.2. The predicted octanol–water partition coefficient (Wildman–Crippen LogP) is 4.35. The van der Waals surface area contributed by atoms with Crippen LogP contribution in [0.5, 0.6) is 0 Å². The van der Waals surface area contributed by atoms with Crippen LogP contribution < -0.4 is 5.32 Å². The van der Waals surface area contributed by atoms with Crippen molar-refractivity contribution < 1.29 is 13.6 Å². The molecule has 3 heterocycles. The molecule has 1 aliphatic rings. The fourth-order valence-electron chi connectivity index (χ4n) is 3.74. The number of hydrogen-bond donors (Lipinski definition) is 1. The maximum atomic E-state index is 13.9. The molecule has 0 spiro atoms. The molecule has 2 atom stereocenters. The van der Waals surface area contributed by atoms with E-state index in [1.165, 1.54) is 6.92 Å². The van der Waals surface area contributed by atoms with Crippen LogP contribution in [0.3, 0.4) is 0 Å². The van der Waals surface area contributed by atoms with Crippen LogP contribution in [-0.4, -0.2) is 25.4 Å². The second-order valence-electron chi connectivity index (χ2n) is 7.70. The van der Waals surface area contributed by atoms with Crippen molar-refractivity contribution in [1.82, 2.24) is 19.5 Å². The lowest BCUT2D eigenvalue weighted by Gasteiger charge is -2.33. The first-order valence-corrected chi connectivity index (χ1v) is 9.59. The monoisotopic (exact) mass is 410 g/mol. The van der Waals surface area contributed by atoms with E-state index in [0.717, 1.165) is 25.3 Å². The van der Waals surface area contributed by atoms with Gasteiger partial charge in [-0.2, -0.15) is 14.0 Å². The number of halogens is 2. The Morgan fingerprint density at radius 3 is 2.70 bits per heavy atom. The number of carbonyl (C=O) groups excluding carboxylic acids is 1. The normalized spacial score (nSPS) is 18.7. The summed E-state index contributed by atoms with van der Waals surface area (Å²) in [7, 11) is 0. The van der Waals surface area contributed by atoms with E-state index in [0.29, 0.717) is 28.2 Å². The van der Waals surface area contributed by atoms with Gasteiger partial charge in [0.1, 0.15) is 5.82 Å². The van der Waals surface area contributed by atoms with Gasteiger partial charge in [-0.15, -0.1) is 0 Å². The number of nitriles is 1. The van der Waals surface area contributed by atoms with Crippen molar-refractivity contribution >= 4 is 22.6 Å². The van der Waals surface area contributed by atoms with Gasteiger partial charge in [-0.05, 0) is 31.9 Å². The molecule has 1 amide bonds. The average Bonchev–Trinajstić information content (AvgIpc) is 2.98. The molecule has 1 N–H and O–H groups in total. The molecule has 4 rings (SSSR count). The number of amides is 1. The van der Waals surface area contributed by atoms with Crippen LogP contribution in [0.2, 0.25) is 0 Å². The van der Waals surface area contributed by atoms with Gasteiger partial charge in [-0.1, -0.05) is 0 Å². The zero-order chi connectivity index (χ0) is 21.6. The summed E-state index contributed by atoms with van der Waals surface area (Å²) in [5, 5.41) is 12.7. The highest BCUT2D eigenvalue weighted by Crippen LogP contribution is 2.43. The molecule has 0 bridgehead atoms. The number of nitrogens with zero attached hydrogens (tertiary/aromatic N) is 5. The van der Waals surface area contributed by atoms with Gasteiger partial charge in [0, 0.05) is 42.7 Å². The van der Waals surface area contributed by atoms with E-state index in [9.17, 15) is 18.8 Å². The highest BCUT2D eigenvalue weighted by atomic mass is 19.3. The van der Waals surface area contributed by atoms with E-state index in [1.807, 2.05) is 10.8 Å². The van der Waals surface area contributed by atoms with Gasteiger partial charge in [0.2, 0.25) is 5.91 Å². The smallest absolute Gasteiger partial charge is 0.303 e. The third-order valence-electron chi connectivity index (χ3n) is 5.31. The topological polar surface area (TPSA) is 96.5 Å². The molecule has 1 saturated carbocycles. The standard InChI is InChI=1S/C21H20F2N6O/c1-11-6-16(28-20(26-11)21(3,22)23)15-10-29(17-5-4-13(17)8-24)18-9-25-19(7-14(15)18)27-12(2)30/h6-7,9-10,13,17H,4-5H2,1-3H3,(H,25,27,30). The number of nitrogens with one attached hydrogen (secondary N) is 1. The SMILES string of the molecule is CC(=O)Nc1cc2c(-c3cc(C)nc(C(C)(F)F)n3)cn(C3CCC3C#N)c2cn1. The summed E-state index contributed by atoms with van der Waals surface area (Å²) in [5.41, 5.74) is 2.16. The van der Waals surface area contributed by atoms with Gasteiger partial charge in [-0.25, -0.2) is 15.0 Å². The highest BCUT2D eigenvalue weighted by Gasteiger charge is 2.34. The third-order valence-corrected chi connectivity index (χ3v) is 5.31. The molecule has 3 aromatic rings. The largest absolute Gasteiger partial charge is 0.341 e. The Balaban J connectivity index is 1.93. The molecule has 3 aromatic heterocycles. The van der Waals surface area contributed by atoms with Crippen LogP contribution in [0.25, 0.3) is 22.2 Å². The molecule has 9 heteroatoms. The molecule has 1 fully saturated rings. The van der Waals surface area contributed by atoms with E-state index in [-0.39, 0.29) is 17.9 Å². The second kappa shape index (κ2) is 7.13. The minimum Gasteiger partial charge on any atom is -0.341 e. The maximum absolute atomic E-state index is 13.9. The van der Waals surface area contributed by atoms with Crippen LogP contribution in [0, 0.1) is 24.2 Å². The Morgan fingerprint density at radius 2 is 2.10 bits per heavy atom. The average molecular weight is 410 g/mol. The Labute approximate surface area is 171 Å². The Bertz CT molecular complexity index is 1190. The lowest BCUT2D eigenvalue weighted by atomic mass is 9.80. The Morgan fingerprint density at radius 1 is 1.33 bits per heavy atom. The highest BCUT2D eigenvalue weighted by molar-refractivity contribution is 5.98. The van der Waals surface area contributed by atoms with Crippen LogP contribution in [0.1, 0.15) is 44.2 Å². The minimum atomic E-state index is -3.18. The van der Waals surface area contributed by atoms with Gasteiger partial charge in [-0.3, -0.25) is 4.79 Å². The number of aryl methyl sites for hydroxylation is 1. The van der Waals surface area contributed by atoms with Gasteiger partial charge >= 0.3 is 5.92 Å². The molecule has 2 unspecified atom stereocenters. The van der Waals surface area contributed by atoms with Crippen molar-refractivity contribution in [3.05, 3.63) is 36.0 Å². The van der Waals surface area contributed by atoms with Crippen LogP contribution in [-0.2, 0) is 10.7 Å². The van der Waals surface area contributed by atoms with Crippen LogP contribution >= 0.6 is 0 Å². The summed E-state index contributed by atoms with van der Waals surface area (Å²) in [6.07, 6.45) is 5.11. The summed E-state index contributed by atoms with van der Waals surface area (Å²) in [6, 6.07) is 5.64. The Kier molecular flexibility index (Phi) is 4.73. The second-order valence-corrected chi connectivity index (χ2v) is 7.70. The summed E-state index contributed by atoms with van der Waals surface area (Å²) in [4.78, 5) is 23.8. The predicted molar refractivity (Wildman–Crippen MR) is 107 cm³/mol. The van der Waals surface area contributed by atoms with E-state index in [2.05, 4.69) is 26.3 Å². The van der Waals surface area contributed by atoms with Crippen molar-refractivity contribution in [1.29, 1.82) is 5.26 Å². The summed E-state index contributed by atoms with van der Waals surface area (Å²) in [5.74, 6) is -3.76. The maximum Gasteiger partial charge on any atom is 0.303 e. The first kappa shape index (κ1) is 19.9. The minimum absolute atomic E-state index is 0.0188. The van der Waals surface area contributed by atoms with Crippen molar-refractivity contribution in [2.45, 2.75) is 45.6 Å². The first-order valence-electron chi connectivity index (χ1n) is 9.59. The quantitative estimate of drug-likeness (QED) is 0.690. The van der Waals surface area contributed by atoms with E-state index >= 15 is 0 Å². The van der Waals surface area contributed by atoms with Crippen LogP contribution in [0.15, 0.2) is 24.5 Å². The third kappa shape index (κ3) is 3.49. The number of alkyl halides is 2. The molecule has 1 aliphatic carbocycles. The van der Waals surface area contributed by atoms with Crippen molar-refractivity contribution in [3.63, 3.8) is 0 Å². The van der Waals surface area contributed by atoms with Gasteiger partial charge < -0.3 is 9.88 Å². The molecule has 154 valence electrons. The zero-order valence-corrected chi connectivity index (χ0v) is 16.8. The molecule has 30 heavy (non-hydrogen) atoms. The van der Waals surface area contributed by atoms with Crippen molar-refractivity contribution in [2.24, 2.45) is 5.92 Å². The summed E-state index contributed by atoms with van der Waals surface area (Å²) >= 11 is 0. The van der Waals surface area contributed by atoms with Gasteiger partial charge in [0.25, 0.3) is 0 Å². The summed E-state index contributed by atoms with van der Waals surface area (Å²) in [6.45, 7) is 3.79. The number of aromatic nitrogens is 4. The molecule has 0 aliphatic heterocycles. The fourth-order valence-corrected chi connectivity index (χ4v) is 3.74. The number of hydrogen-bond acceptors (Lipinski definition) is 5. The number of fused-ring (bicyclic) bond motifs is 1. The summed E-state index contributed by atoms with van der Waals surface area (Å²) < 4.78 is 29.8. The number of carbonyl (C=O) groups is 1. The molecular weight excluding hydrogens is 390 g/mol. The number of rotatable bonds is 4. The van der Waals surface area contributed by atoms with Crippen molar-refractivity contribution in [3.8, 4) is 17.3 Å². The van der Waals surface area contributed by atoms with Crippen molar-refractivity contribution in [2.75, 3.05) is 5.32 Å². The van der Waals surface area contributed by atoms with E-state index in [1.54, 1.807) is 25.3 Å². The molecule has 0 radical (unpaired) electrons. The molecular formula is C21H20F2N6O.